The van der Waals surface area contributed by atoms with Gasteiger partial charge < -0.3 is 14.6 Å². The Morgan fingerprint density at radius 3 is 3.00 bits per heavy atom. The third-order valence-corrected chi connectivity index (χ3v) is 4.70. The predicted molar refractivity (Wildman–Crippen MR) is 105 cm³/mol. The number of ether oxygens (including phenoxy) is 2. The summed E-state index contributed by atoms with van der Waals surface area (Å²) in [5.74, 6) is 1.71. The number of benzene rings is 1. The molecule has 1 aromatic heterocycles. The highest BCUT2D eigenvalue weighted by molar-refractivity contribution is 6.01. The second kappa shape index (κ2) is 7.04. The van der Waals surface area contributed by atoms with Crippen molar-refractivity contribution in [2.24, 2.45) is 10.4 Å². The molecule has 0 atom stereocenters. The van der Waals surface area contributed by atoms with Gasteiger partial charge in [-0.3, -0.25) is 4.57 Å². The van der Waals surface area contributed by atoms with Gasteiger partial charge >= 0.3 is 0 Å². The summed E-state index contributed by atoms with van der Waals surface area (Å²) in [7, 11) is 0. The number of aliphatic hydroxyl groups is 1. The lowest BCUT2D eigenvalue weighted by atomic mass is 9.90. The topological polar surface area (TPSA) is 68.9 Å². The van der Waals surface area contributed by atoms with Gasteiger partial charge in [0.1, 0.15) is 23.7 Å². The number of aliphatic hydroxyl groups excluding tert-OH is 1. The molecule has 1 saturated heterocycles. The molecule has 2 aromatic rings. The van der Waals surface area contributed by atoms with Gasteiger partial charge in [-0.15, -0.1) is 0 Å². The van der Waals surface area contributed by atoms with Gasteiger partial charge in [0.2, 0.25) is 0 Å². The number of hydrogen-bond donors (Lipinski definition) is 1. The van der Waals surface area contributed by atoms with E-state index in [1.54, 1.807) is 18.5 Å². The zero-order chi connectivity index (χ0) is 18.9. The first kappa shape index (κ1) is 17.5. The van der Waals surface area contributed by atoms with E-state index >= 15 is 0 Å². The maximum atomic E-state index is 10.1. The summed E-state index contributed by atoms with van der Waals surface area (Å²) in [6.45, 7) is 6.14. The van der Waals surface area contributed by atoms with Crippen LogP contribution in [0.1, 0.15) is 20.3 Å². The zero-order valence-corrected chi connectivity index (χ0v) is 15.6. The number of aromatic nitrogens is 2. The molecule has 3 heterocycles. The minimum Gasteiger partial charge on any atom is -0.506 e. The average molecular weight is 365 g/mol. The van der Waals surface area contributed by atoms with Crippen molar-refractivity contribution in [3.8, 4) is 5.75 Å². The third kappa shape index (κ3) is 3.53. The fraction of sp³-hybridized carbons (Fsp3) is 0.333. The Kier molecular flexibility index (Phi) is 4.58. The van der Waals surface area contributed by atoms with Gasteiger partial charge in [0.25, 0.3) is 0 Å². The lowest BCUT2D eigenvalue weighted by molar-refractivity contribution is -0.120. The van der Waals surface area contributed by atoms with Crippen LogP contribution in [0.2, 0.25) is 0 Å². The first-order valence-electron chi connectivity index (χ1n) is 9.06. The van der Waals surface area contributed by atoms with Gasteiger partial charge in [-0.1, -0.05) is 19.1 Å². The molecule has 1 N–H and O–H groups in total. The fourth-order valence-electron chi connectivity index (χ4n) is 3.10. The highest BCUT2D eigenvalue weighted by Gasteiger charge is 2.34. The van der Waals surface area contributed by atoms with E-state index in [0.717, 1.165) is 35.8 Å². The molecule has 0 radical (unpaired) electrons. The van der Waals surface area contributed by atoms with Gasteiger partial charge in [0.15, 0.2) is 0 Å². The Labute approximate surface area is 158 Å². The number of imidazole rings is 1. The van der Waals surface area contributed by atoms with E-state index in [9.17, 15) is 5.11 Å². The monoisotopic (exact) mass is 365 g/mol. The van der Waals surface area contributed by atoms with Crippen molar-refractivity contribution in [1.29, 1.82) is 0 Å². The Morgan fingerprint density at radius 1 is 1.41 bits per heavy atom. The summed E-state index contributed by atoms with van der Waals surface area (Å²) in [6, 6.07) is 5.87. The summed E-state index contributed by atoms with van der Waals surface area (Å²) >= 11 is 0. The van der Waals surface area contributed by atoms with Crippen molar-refractivity contribution in [1.82, 2.24) is 9.55 Å². The molecule has 4 rings (SSSR count). The number of allylic oxidation sites excluding steroid dienone is 4. The summed E-state index contributed by atoms with van der Waals surface area (Å²) in [6.07, 6.45) is 9.72. The Hall–Kier alpha value is -2.86. The number of dihydropyridines is 1. The standard InChI is InChI=1S/C21H23N3O3/c1-3-5-19(25)16-6-4-7-20(23-16)24-14-22-17-10-15(8-9-18(17)24)27-13-21(2)11-26-12-21/h3-5,7-10,14,25H,6,11-13H2,1-2H3/b5-3-,19-16-. The molecule has 2 aliphatic rings. The largest absolute Gasteiger partial charge is 0.506 e. The number of rotatable bonds is 4. The van der Waals surface area contributed by atoms with E-state index < -0.39 is 0 Å². The smallest absolute Gasteiger partial charge is 0.138 e. The van der Waals surface area contributed by atoms with Crippen LogP contribution < -0.4 is 4.74 Å². The molecule has 0 amide bonds. The van der Waals surface area contributed by atoms with Crippen LogP contribution in [-0.4, -0.2) is 40.3 Å². The molecule has 140 valence electrons. The van der Waals surface area contributed by atoms with Gasteiger partial charge in [0, 0.05) is 17.9 Å². The van der Waals surface area contributed by atoms with Gasteiger partial charge in [0.05, 0.1) is 36.6 Å². The lowest BCUT2D eigenvalue weighted by Gasteiger charge is -2.37. The molecule has 27 heavy (non-hydrogen) atoms. The van der Waals surface area contributed by atoms with Crippen LogP contribution in [-0.2, 0) is 4.74 Å². The Bertz CT molecular complexity index is 978. The first-order chi connectivity index (χ1) is 13.1. The van der Waals surface area contributed by atoms with E-state index in [1.807, 2.05) is 41.8 Å². The number of nitrogens with zero attached hydrogens (tertiary/aromatic N) is 3. The molecule has 1 fully saturated rings. The SMILES string of the molecule is C/C=C\C(O)=C1/CC=CC(n2cnc3cc(OCC4(C)COC4)ccc32)=N1. The average Bonchev–Trinajstić information content (AvgIpc) is 3.08. The second-order valence-electron chi connectivity index (χ2n) is 7.27. The van der Waals surface area contributed by atoms with Crippen LogP contribution >= 0.6 is 0 Å². The molecule has 0 saturated carbocycles. The van der Waals surface area contributed by atoms with E-state index in [-0.39, 0.29) is 11.2 Å². The predicted octanol–water partition coefficient (Wildman–Crippen LogP) is 4.00. The zero-order valence-electron chi connectivity index (χ0n) is 15.6. The minimum absolute atomic E-state index is 0.105. The van der Waals surface area contributed by atoms with Gasteiger partial charge in [-0.05, 0) is 31.2 Å². The van der Waals surface area contributed by atoms with Crippen molar-refractivity contribution in [3.05, 3.63) is 60.3 Å². The van der Waals surface area contributed by atoms with E-state index in [2.05, 4.69) is 16.9 Å². The second-order valence-corrected chi connectivity index (χ2v) is 7.27. The van der Waals surface area contributed by atoms with E-state index in [0.29, 0.717) is 18.7 Å². The maximum absolute atomic E-state index is 10.1. The molecule has 0 bridgehead atoms. The van der Waals surface area contributed by atoms with Gasteiger partial charge in [-0.25, -0.2) is 9.98 Å². The van der Waals surface area contributed by atoms with Crippen LogP contribution in [0.15, 0.2) is 65.3 Å². The minimum atomic E-state index is 0.105. The molecule has 0 spiro atoms. The van der Waals surface area contributed by atoms with Crippen molar-refractivity contribution >= 4 is 16.9 Å². The molecule has 6 nitrogen and oxygen atoms in total. The van der Waals surface area contributed by atoms with Crippen LogP contribution in [0.3, 0.4) is 0 Å². The van der Waals surface area contributed by atoms with E-state index in [4.69, 9.17) is 9.47 Å². The molecular formula is C21H23N3O3. The third-order valence-electron chi connectivity index (χ3n) is 4.70. The molecule has 1 aromatic carbocycles. The van der Waals surface area contributed by atoms with Crippen LogP contribution in [0.4, 0.5) is 0 Å². The van der Waals surface area contributed by atoms with Crippen molar-refractivity contribution < 1.29 is 14.6 Å². The lowest BCUT2D eigenvalue weighted by Crippen LogP contribution is -2.44. The maximum Gasteiger partial charge on any atom is 0.138 e. The number of aliphatic imine (C=N–C) groups is 1. The van der Waals surface area contributed by atoms with Crippen molar-refractivity contribution in [2.75, 3.05) is 19.8 Å². The quantitative estimate of drug-likeness (QED) is 0.832. The van der Waals surface area contributed by atoms with Crippen LogP contribution in [0.25, 0.3) is 11.0 Å². The molecule has 6 heteroatoms. The highest BCUT2D eigenvalue weighted by atomic mass is 16.5. The molecule has 0 aliphatic carbocycles. The molecule has 2 aliphatic heterocycles. The molecular weight excluding hydrogens is 342 g/mol. The van der Waals surface area contributed by atoms with Gasteiger partial charge in [-0.2, -0.15) is 0 Å². The summed E-state index contributed by atoms with van der Waals surface area (Å²) in [5.41, 5.74) is 2.53. The van der Waals surface area contributed by atoms with E-state index in [1.165, 1.54) is 0 Å². The summed E-state index contributed by atoms with van der Waals surface area (Å²) in [5, 5.41) is 10.1. The van der Waals surface area contributed by atoms with Crippen molar-refractivity contribution in [2.45, 2.75) is 20.3 Å². The fourth-order valence-corrected chi connectivity index (χ4v) is 3.10. The molecule has 0 unspecified atom stereocenters. The van der Waals surface area contributed by atoms with Crippen LogP contribution in [0.5, 0.6) is 5.75 Å². The normalized spacial score (nSPS) is 20.6. The number of hydrogen-bond acceptors (Lipinski definition) is 5. The number of fused-ring (bicyclic) bond motifs is 1. The highest BCUT2D eigenvalue weighted by Crippen LogP contribution is 2.29. The van der Waals surface area contributed by atoms with Crippen molar-refractivity contribution in [3.63, 3.8) is 0 Å². The Morgan fingerprint density at radius 2 is 2.26 bits per heavy atom. The summed E-state index contributed by atoms with van der Waals surface area (Å²) < 4.78 is 13.1. The first-order valence-corrected chi connectivity index (χ1v) is 9.06. The van der Waals surface area contributed by atoms with Crippen LogP contribution in [0, 0.1) is 5.41 Å². The Balaban J connectivity index is 1.60. The summed E-state index contributed by atoms with van der Waals surface area (Å²) in [4.78, 5) is 9.08.